The number of rotatable bonds is 2. The lowest BCUT2D eigenvalue weighted by Gasteiger charge is -2.33. The van der Waals surface area contributed by atoms with Gasteiger partial charge in [0.25, 0.3) is 11.7 Å². The summed E-state index contributed by atoms with van der Waals surface area (Å²) in [7, 11) is 0. The van der Waals surface area contributed by atoms with Gasteiger partial charge in [-0.2, -0.15) is 0 Å². The minimum Gasteiger partial charge on any atom is -0.308 e. The number of fused-ring (bicyclic) bond motifs is 2. The van der Waals surface area contributed by atoms with E-state index in [-0.39, 0.29) is 5.91 Å². The van der Waals surface area contributed by atoms with Crippen LogP contribution in [0.25, 0.3) is 17.2 Å². The first-order valence-electron chi connectivity index (χ1n) is 9.36. The number of hydrogen-bond donors (Lipinski definition) is 0. The molecule has 0 bridgehead atoms. The van der Waals surface area contributed by atoms with E-state index in [0.29, 0.717) is 23.1 Å². The zero-order chi connectivity index (χ0) is 19.1. The van der Waals surface area contributed by atoms with Gasteiger partial charge in [0.2, 0.25) is 0 Å². The van der Waals surface area contributed by atoms with Crippen LogP contribution in [0.15, 0.2) is 67.0 Å². The van der Waals surface area contributed by atoms with Crippen LogP contribution in [0.1, 0.15) is 22.8 Å². The average molecular weight is 369 g/mol. The highest BCUT2D eigenvalue weighted by Crippen LogP contribution is 2.31. The van der Waals surface area contributed by atoms with Crippen molar-refractivity contribution in [3.63, 3.8) is 0 Å². The standard InChI is InChI=1S/C22H19N5O/c1-15-13-18-5-2-3-6-19(18)27(14-15)21(28)17-9-7-16(8-10-17)20-24-25-22-23-11-4-12-26(20)22/h2-12,15H,13-14H2,1H3. The molecule has 0 N–H and O–H groups in total. The molecule has 1 unspecified atom stereocenters. The minimum atomic E-state index is 0.0262. The maximum atomic E-state index is 13.2. The van der Waals surface area contributed by atoms with E-state index in [4.69, 9.17) is 0 Å². The Morgan fingerprint density at radius 1 is 1.04 bits per heavy atom. The third-order valence-electron chi connectivity index (χ3n) is 5.17. The van der Waals surface area contributed by atoms with Crippen LogP contribution in [0, 0.1) is 5.92 Å². The van der Waals surface area contributed by atoms with Gasteiger partial charge in [-0.15, -0.1) is 10.2 Å². The summed E-state index contributed by atoms with van der Waals surface area (Å²) in [6, 6.07) is 17.5. The van der Waals surface area contributed by atoms with Gasteiger partial charge in [-0.05, 0) is 42.2 Å². The molecule has 1 amide bonds. The highest BCUT2D eigenvalue weighted by Gasteiger charge is 2.26. The fourth-order valence-corrected chi connectivity index (χ4v) is 3.85. The van der Waals surface area contributed by atoms with Gasteiger partial charge in [0.15, 0.2) is 5.82 Å². The molecule has 0 spiro atoms. The van der Waals surface area contributed by atoms with E-state index in [9.17, 15) is 4.79 Å². The third kappa shape index (κ3) is 2.74. The van der Waals surface area contributed by atoms with E-state index in [0.717, 1.165) is 24.2 Å². The molecule has 6 heteroatoms. The van der Waals surface area contributed by atoms with Crippen molar-refractivity contribution in [2.75, 3.05) is 11.4 Å². The van der Waals surface area contributed by atoms with Crippen molar-refractivity contribution in [3.8, 4) is 11.4 Å². The minimum absolute atomic E-state index is 0.0262. The molecule has 0 saturated carbocycles. The Labute approximate surface area is 162 Å². The second-order valence-corrected chi connectivity index (χ2v) is 7.24. The molecule has 0 saturated heterocycles. The number of aromatic nitrogens is 4. The maximum Gasteiger partial charge on any atom is 0.258 e. The van der Waals surface area contributed by atoms with Crippen LogP contribution in [0.3, 0.4) is 0 Å². The number of carbonyl (C=O) groups excluding carboxylic acids is 1. The van der Waals surface area contributed by atoms with Crippen molar-refractivity contribution in [3.05, 3.63) is 78.1 Å². The number of nitrogens with zero attached hydrogens (tertiary/aromatic N) is 5. The molecule has 5 rings (SSSR count). The Balaban J connectivity index is 1.47. The van der Waals surface area contributed by atoms with Crippen LogP contribution >= 0.6 is 0 Å². The maximum absolute atomic E-state index is 13.2. The van der Waals surface area contributed by atoms with Crippen LogP contribution in [-0.2, 0) is 6.42 Å². The summed E-state index contributed by atoms with van der Waals surface area (Å²) in [4.78, 5) is 19.3. The third-order valence-corrected chi connectivity index (χ3v) is 5.17. The zero-order valence-corrected chi connectivity index (χ0v) is 15.5. The molecule has 2 aromatic carbocycles. The smallest absolute Gasteiger partial charge is 0.258 e. The summed E-state index contributed by atoms with van der Waals surface area (Å²) in [5.41, 5.74) is 3.81. The van der Waals surface area contributed by atoms with Crippen molar-refractivity contribution < 1.29 is 4.79 Å². The van der Waals surface area contributed by atoms with Gasteiger partial charge in [0.05, 0.1) is 0 Å². The SMILES string of the molecule is CC1Cc2ccccc2N(C(=O)c2ccc(-c3nnc4ncccn34)cc2)C1. The van der Waals surface area contributed by atoms with Crippen LogP contribution in [0.2, 0.25) is 0 Å². The molecule has 6 nitrogen and oxygen atoms in total. The van der Waals surface area contributed by atoms with Crippen LogP contribution in [-0.4, -0.2) is 32.0 Å². The molecule has 28 heavy (non-hydrogen) atoms. The zero-order valence-electron chi connectivity index (χ0n) is 15.5. The lowest BCUT2D eigenvalue weighted by molar-refractivity contribution is 0.0981. The molecular formula is C22H19N5O. The monoisotopic (exact) mass is 369 g/mol. The lowest BCUT2D eigenvalue weighted by atomic mass is 9.93. The number of carbonyl (C=O) groups is 1. The molecule has 3 heterocycles. The first-order valence-corrected chi connectivity index (χ1v) is 9.36. The van der Waals surface area contributed by atoms with E-state index >= 15 is 0 Å². The summed E-state index contributed by atoms with van der Waals surface area (Å²) >= 11 is 0. The Morgan fingerprint density at radius 3 is 2.71 bits per heavy atom. The molecule has 4 aromatic rings. The first-order chi connectivity index (χ1) is 13.7. The molecule has 2 aromatic heterocycles. The van der Waals surface area contributed by atoms with E-state index in [2.05, 4.69) is 28.2 Å². The van der Waals surface area contributed by atoms with E-state index in [1.165, 1.54) is 5.56 Å². The second kappa shape index (κ2) is 6.56. The fraction of sp³-hybridized carbons (Fsp3) is 0.182. The molecule has 1 atom stereocenters. The van der Waals surface area contributed by atoms with E-state index in [1.807, 2.05) is 64.0 Å². The van der Waals surface area contributed by atoms with E-state index in [1.54, 1.807) is 6.20 Å². The van der Waals surface area contributed by atoms with Gasteiger partial charge in [0.1, 0.15) is 0 Å². The number of benzene rings is 2. The van der Waals surface area contributed by atoms with Crippen molar-refractivity contribution in [2.24, 2.45) is 5.92 Å². The number of hydrogen-bond acceptors (Lipinski definition) is 4. The van der Waals surface area contributed by atoms with Gasteiger partial charge in [0, 0.05) is 35.8 Å². The summed E-state index contributed by atoms with van der Waals surface area (Å²) < 4.78 is 1.83. The van der Waals surface area contributed by atoms with Gasteiger partial charge >= 0.3 is 0 Å². The van der Waals surface area contributed by atoms with Crippen molar-refractivity contribution in [1.29, 1.82) is 0 Å². The Morgan fingerprint density at radius 2 is 1.86 bits per heavy atom. The van der Waals surface area contributed by atoms with Crippen LogP contribution in [0.4, 0.5) is 5.69 Å². The topological polar surface area (TPSA) is 63.4 Å². The van der Waals surface area contributed by atoms with Gasteiger partial charge in [-0.3, -0.25) is 9.20 Å². The van der Waals surface area contributed by atoms with Crippen molar-refractivity contribution in [2.45, 2.75) is 13.3 Å². The summed E-state index contributed by atoms with van der Waals surface area (Å²) in [6.07, 6.45) is 4.57. The van der Waals surface area contributed by atoms with Crippen LogP contribution < -0.4 is 4.90 Å². The molecule has 1 aliphatic rings. The first kappa shape index (κ1) is 16.6. The van der Waals surface area contributed by atoms with Gasteiger partial charge in [-0.25, -0.2) is 4.98 Å². The number of para-hydroxylation sites is 1. The Hall–Kier alpha value is -3.54. The van der Waals surface area contributed by atoms with Crippen molar-refractivity contribution in [1.82, 2.24) is 19.6 Å². The molecule has 1 aliphatic heterocycles. The highest BCUT2D eigenvalue weighted by molar-refractivity contribution is 6.07. The predicted molar refractivity (Wildman–Crippen MR) is 107 cm³/mol. The fourth-order valence-electron chi connectivity index (χ4n) is 3.85. The molecule has 138 valence electrons. The van der Waals surface area contributed by atoms with Gasteiger partial charge < -0.3 is 4.90 Å². The summed E-state index contributed by atoms with van der Waals surface area (Å²) in [5.74, 6) is 1.72. The van der Waals surface area contributed by atoms with Gasteiger partial charge in [-0.1, -0.05) is 37.3 Å². The molecule has 0 aliphatic carbocycles. The summed E-state index contributed by atoms with van der Waals surface area (Å²) in [6.45, 7) is 2.92. The number of amides is 1. The largest absolute Gasteiger partial charge is 0.308 e. The molecule has 0 fully saturated rings. The predicted octanol–water partition coefficient (Wildman–Crippen LogP) is 3.63. The lowest BCUT2D eigenvalue weighted by Crippen LogP contribution is -2.39. The Kier molecular flexibility index (Phi) is 3.90. The van der Waals surface area contributed by atoms with Crippen LogP contribution in [0.5, 0.6) is 0 Å². The quantitative estimate of drug-likeness (QED) is 0.541. The highest BCUT2D eigenvalue weighted by atomic mass is 16.2. The summed E-state index contributed by atoms with van der Waals surface area (Å²) in [5, 5.41) is 8.31. The molecular weight excluding hydrogens is 350 g/mol. The molecule has 0 radical (unpaired) electrons. The average Bonchev–Trinajstić information content (AvgIpc) is 3.17. The van der Waals surface area contributed by atoms with Crippen molar-refractivity contribution >= 4 is 17.4 Å². The van der Waals surface area contributed by atoms with E-state index < -0.39 is 0 Å². The second-order valence-electron chi connectivity index (χ2n) is 7.24. The Bertz CT molecular complexity index is 1160. The number of anilines is 1. The normalized spacial score (nSPS) is 16.2.